The lowest BCUT2D eigenvalue weighted by molar-refractivity contribution is -0.0395. The van der Waals surface area contributed by atoms with Gasteiger partial charge in [-0.3, -0.25) is 0 Å². The highest BCUT2D eigenvalue weighted by molar-refractivity contribution is 5.15. The third-order valence-electron chi connectivity index (χ3n) is 5.93. The Morgan fingerprint density at radius 2 is 1.60 bits per heavy atom. The van der Waals surface area contributed by atoms with Crippen LogP contribution in [0.4, 0.5) is 5.95 Å². The van der Waals surface area contributed by atoms with Gasteiger partial charge in [0.1, 0.15) is 11.6 Å². The van der Waals surface area contributed by atoms with Gasteiger partial charge in [0.15, 0.2) is 0 Å². The van der Waals surface area contributed by atoms with E-state index in [9.17, 15) is 0 Å². The zero-order valence-corrected chi connectivity index (χ0v) is 12.3. The molecule has 4 fully saturated rings. The lowest BCUT2D eigenvalue weighted by atomic mass is 9.51. The van der Waals surface area contributed by atoms with Crippen molar-refractivity contribution in [3.05, 3.63) is 11.6 Å². The average Bonchev–Trinajstić information content (AvgIpc) is 2.35. The van der Waals surface area contributed by atoms with Crippen molar-refractivity contribution in [2.45, 2.75) is 51.9 Å². The van der Waals surface area contributed by atoms with E-state index in [4.69, 9.17) is 5.73 Å². The molecule has 4 nitrogen and oxygen atoms in total. The molecule has 0 atom stereocenters. The molecule has 4 bridgehead atoms. The van der Waals surface area contributed by atoms with Gasteiger partial charge in [0.05, 0.1) is 0 Å². The smallest absolute Gasteiger partial charge is 0.223 e. The maximum Gasteiger partial charge on any atom is 0.223 e. The molecule has 5 rings (SSSR count). The minimum absolute atomic E-state index is 0.373. The molecule has 4 aliphatic rings. The van der Waals surface area contributed by atoms with E-state index in [0.29, 0.717) is 5.95 Å². The second kappa shape index (κ2) is 4.68. The van der Waals surface area contributed by atoms with Crippen molar-refractivity contribution < 1.29 is 0 Å². The lowest BCUT2D eigenvalue weighted by Gasteiger charge is -2.54. The predicted molar refractivity (Wildman–Crippen MR) is 77.8 cm³/mol. The van der Waals surface area contributed by atoms with Crippen molar-refractivity contribution in [1.82, 2.24) is 15.0 Å². The average molecular weight is 272 g/mol. The maximum atomic E-state index is 5.72. The molecule has 1 aromatic heterocycles. The summed E-state index contributed by atoms with van der Waals surface area (Å²) in [5.41, 5.74) is 5.72. The van der Waals surface area contributed by atoms with E-state index in [1.165, 1.54) is 38.5 Å². The van der Waals surface area contributed by atoms with Gasteiger partial charge in [0.2, 0.25) is 5.95 Å². The number of aryl methyl sites for hydroxylation is 2. The molecular formula is C16H24N4. The first-order chi connectivity index (χ1) is 9.67. The Balaban J connectivity index is 1.44. The van der Waals surface area contributed by atoms with E-state index in [1.807, 2.05) is 6.92 Å². The van der Waals surface area contributed by atoms with E-state index in [1.54, 1.807) is 0 Å². The molecule has 0 amide bonds. The van der Waals surface area contributed by atoms with Crippen LogP contribution in [0.3, 0.4) is 0 Å². The fraction of sp³-hybridized carbons (Fsp3) is 0.812. The maximum absolute atomic E-state index is 5.72. The van der Waals surface area contributed by atoms with Gasteiger partial charge in [0, 0.05) is 6.42 Å². The standard InChI is InChI=1S/C16H24N4/c1-9-18-15(20-16(17)19-9)3-2-14-12-5-10-4-11(7-12)8-13(14)6-10/h10-14H,2-8H2,1H3,(H2,17,18,19,20). The molecule has 4 saturated carbocycles. The van der Waals surface area contributed by atoms with Crippen LogP contribution in [0, 0.1) is 36.5 Å². The number of aromatic nitrogens is 3. The number of hydrogen-bond acceptors (Lipinski definition) is 4. The normalized spacial score (nSPS) is 38.4. The first-order valence-electron chi connectivity index (χ1n) is 8.14. The van der Waals surface area contributed by atoms with E-state index < -0.39 is 0 Å². The minimum atomic E-state index is 0.373. The van der Waals surface area contributed by atoms with Gasteiger partial charge in [-0.05, 0) is 75.0 Å². The Bertz CT molecular complexity index is 465. The van der Waals surface area contributed by atoms with Crippen LogP contribution in [0.2, 0.25) is 0 Å². The van der Waals surface area contributed by atoms with Crippen LogP contribution in [0.15, 0.2) is 0 Å². The van der Waals surface area contributed by atoms with Crippen LogP contribution in [-0.2, 0) is 6.42 Å². The monoisotopic (exact) mass is 272 g/mol. The Morgan fingerprint density at radius 1 is 0.950 bits per heavy atom. The Morgan fingerprint density at radius 3 is 2.20 bits per heavy atom. The first kappa shape index (κ1) is 12.5. The Hall–Kier alpha value is -1.19. The number of nitrogen functional groups attached to an aromatic ring is 1. The molecular weight excluding hydrogens is 248 g/mol. The molecule has 4 heteroatoms. The molecule has 0 spiro atoms. The van der Waals surface area contributed by atoms with E-state index in [0.717, 1.165) is 47.7 Å². The molecule has 4 aliphatic carbocycles. The van der Waals surface area contributed by atoms with Crippen LogP contribution in [0.5, 0.6) is 0 Å². The lowest BCUT2D eigenvalue weighted by Crippen LogP contribution is -2.45. The molecule has 108 valence electrons. The van der Waals surface area contributed by atoms with Gasteiger partial charge in [-0.15, -0.1) is 0 Å². The summed E-state index contributed by atoms with van der Waals surface area (Å²) in [6, 6.07) is 0. The summed E-state index contributed by atoms with van der Waals surface area (Å²) in [5.74, 6) is 7.03. The van der Waals surface area contributed by atoms with Gasteiger partial charge in [0.25, 0.3) is 0 Å². The zero-order valence-electron chi connectivity index (χ0n) is 12.3. The molecule has 0 saturated heterocycles. The first-order valence-corrected chi connectivity index (χ1v) is 8.14. The van der Waals surface area contributed by atoms with Crippen molar-refractivity contribution in [2.75, 3.05) is 5.73 Å². The third-order valence-corrected chi connectivity index (χ3v) is 5.93. The summed E-state index contributed by atoms with van der Waals surface area (Å²) in [6.45, 7) is 1.89. The van der Waals surface area contributed by atoms with Gasteiger partial charge in [-0.25, -0.2) is 4.98 Å². The van der Waals surface area contributed by atoms with Crippen LogP contribution in [0.1, 0.15) is 50.2 Å². The summed E-state index contributed by atoms with van der Waals surface area (Å²) >= 11 is 0. The Labute approximate surface area is 120 Å². The van der Waals surface area contributed by atoms with Crippen molar-refractivity contribution in [1.29, 1.82) is 0 Å². The van der Waals surface area contributed by atoms with Gasteiger partial charge < -0.3 is 5.73 Å². The molecule has 0 aromatic carbocycles. The number of rotatable bonds is 3. The topological polar surface area (TPSA) is 64.7 Å². The van der Waals surface area contributed by atoms with Gasteiger partial charge >= 0.3 is 0 Å². The second-order valence-corrected chi connectivity index (χ2v) is 7.29. The van der Waals surface area contributed by atoms with Gasteiger partial charge in [-0.1, -0.05) is 0 Å². The fourth-order valence-electron chi connectivity index (χ4n) is 5.48. The van der Waals surface area contributed by atoms with Crippen molar-refractivity contribution >= 4 is 5.95 Å². The second-order valence-electron chi connectivity index (χ2n) is 7.29. The summed E-state index contributed by atoms with van der Waals surface area (Å²) in [7, 11) is 0. The largest absolute Gasteiger partial charge is 0.368 e. The van der Waals surface area contributed by atoms with Crippen molar-refractivity contribution in [3.63, 3.8) is 0 Å². The molecule has 0 unspecified atom stereocenters. The highest BCUT2D eigenvalue weighted by Crippen LogP contribution is 2.57. The number of hydrogen-bond donors (Lipinski definition) is 1. The summed E-state index contributed by atoms with van der Waals surface area (Å²) in [5, 5.41) is 0. The predicted octanol–water partition coefficient (Wildman–Crippen LogP) is 2.77. The molecule has 0 aliphatic heterocycles. The summed E-state index contributed by atoms with van der Waals surface area (Å²) in [6.07, 6.45) is 9.74. The number of nitrogens with zero attached hydrogens (tertiary/aromatic N) is 3. The van der Waals surface area contributed by atoms with Crippen molar-refractivity contribution in [3.8, 4) is 0 Å². The minimum Gasteiger partial charge on any atom is -0.368 e. The Kier molecular flexibility index (Phi) is 2.93. The third kappa shape index (κ3) is 2.19. The SMILES string of the molecule is Cc1nc(N)nc(CCC2C3CC4CC(C3)CC2C4)n1. The molecule has 20 heavy (non-hydrogen) atoms. The fourth-order valence-corrected chi connectivity index (χ4v) is 5.48. The number of nitrogens with two attached hydrogens (primary N) is 1. The van der Waals surface area contributed by atoms with Gasteiger partial charge in [-0.2, -0.15) is 9.97 Å². The summed E-state index contributed by atoms with van der Waals surface area (Å²) in [4.78, 5) is 12.8. The number of anilines is 1. The zero-order chi connectivity index (χ0) is 13.7. The molecule has 1 aromatic rings. The molecule has 1 heterocycles. The molecule has 2 N–H and O–H groups in total. The van der Waals surface area contributed by atoms with Crippen LogP contribution in [-0.4, -0.2) is 15.0 Å². The highest BCUT2D eigenvalue weighted by atomic mass is 15.1. The van der Waals surface area contributed by atoms with Crippen LogP contribution >= 0.6 is 0 Å². The summed E-state index contributed by atoms with van der Waals surface area (Å²) < 4.78 is 0. The van der Waals surface area contributed by atoms with E-state index in [-0.39, 0.29) is 0 Å². The van der Waals surface area contributed by atoms with Crippen molar-refractivity contribution in [2.24, 2.45) is 29.6 Å². The van der Waals surface area contributed by atoms with E-state index >= 15 is 0 Å². The highest BCUT2D eigenvalue weighted by Gasteiger charge is 2.47. The van der Waals surface area contributed by atoms with Crippen LogP contribution in [0.25, 0.3) is 0 Å². The van der Waals surface area contributed by atoms with Crippen LogP contribution < -0.4 is 5.73 Å². The van der Waals surface area contributed by atoms with E-state index in [2.05, 4.69) is 15.0 Å². The molecule has 0 radical (unpaired) electrons. The quantitative estimate of drug-likeness (QED) is 0.919.